The summed E-state index contributed by atoms with van der Waals surface area (Å²) in [5.41, 5.74) is 1.98. The van der Waals surface area contributed by atoms with Crippen molar-refractivity contribution in [3.8, 4) is 17.1 Å². The number of benzene rings is 2. The lowest BCUT2D eigenvalue weighted by atomic mass is 9.96. The summed E-state index contributed by atoms with van der Waals surface area (Å²) in [6.45, 7) is 0.617. The standard InChI is InChI=1S/C21H20N2O4/c1-26-16-9-7-14(8-10-16)18-17(20(24)25)19(23-27-18)22-13-21(11-12-21)15-5-3-2-4-6-15/h2-10H,11-13H2,1H3,(H,22,23)(H,24,25). The molecule has 0 saturated heterocycles. The Morgan fingerprint density at radius 1 is 1.19 bits per heavy atom. The summed E-state index contributed by atoms with van der Waals surface area (Å²) in [6, 6.07) is 17.3. The van der Waals surface area contributed by atoms with Crippen LogP contribution in [0.3, 0.4) is 0 Å². The maximum atomic E-state index is 11.8. The van der Waals surface area contributed by atoms with Gasteiger partial charge in [-0.1, -0.05) is 35.5 Å². The molecule has 0 amide bonds. The van der Waals surface area contributed by atoms with Gasteiger partial charge in [0.1, 0.15) is 5.75 Å². The minimum Gasteiger partial charge on any atom is -0.497 e. The van der Waals surface area contributed by atoms with Crippen molar-refractivity contribution in [3.63, 3.8) is 0 Å². The number of carbonyl (C=O) groups is 1. The van der Waals surface area contributed by atoms with Crippen molar-refractivity contribution >= 4 is 11.8 Å². The first-order chi connectivity index (χ1) is 13.1. The molecule has 0 radical (unpaired) electrons. The molecule has 27 heavy (non-hydrogen) atoms. The van der Waals surface area contributed by atoms with Crippen molar-refractivity contribution in [3.05, 3.63) is 65.7 Å². The average molecular weight is 364 g/mol. The minimum atomic E-state index is -1.07. The molecule has 0 bridgehead atoms. The van der Waals surface area contributed by atoms with Crippen LogP contribution in [-0.4, -0.2) is 29.9 Å². The highest BCUT2D eigenvalue weighted by Crippen LogP contribution is 2.48. The molecule has 1 saturated carbocycles. The molecule has 1 heterocycles. The number of aromatic nitrogens is 1. The molecule has 138 valence electrons. The first-order valence-corrected chi connectivity index (χ1v) is 8.80. The molecular formula is C21H20N2O4. The fourth-order valence-corrected chi connectivity index (χ4v) is 3.31. The normalized spacial score (nSPS) is 14.6. The van der Waals surface area contributed by atoms with Gasteiger partial charge in [0.05, 0.1) is 7.11 Å². The SMILES string of the molecule is COc1ccc(-c2onc(NCC3(c4ccccc4)CC3)c2C(=O)O)cc1. The van der Waals surface area contributed by atoms with Crippen LogP contribution >= 0.6 is 0 Å². The zero-order valence-corrected chi connectivity index (χ0v) is 14.9. The van der Waals surface area contributed by atoms with Gasteiger partial charge in [-0.05, 0) is 42.7 Å². The Morgan fingerprint density at radius 2 is 1.89 bits per heavy atom. The quantitative estimate of drug-likeness (QED) is 0.654. The zero-order chi connectivity index (χ0) is 18.9. The van der Waals surface area contributed by atoms with E-state index in [1.165, 1.54) is 5.56 Å². The molecule has 2 N–H and O–H groups in total. The van der Waals surface area contributed by atoms with Crippen LogP contribution in [0, 0.1) is 0 Å². The number of carboxylic acids is 1. The molecule has 3 aromatic rings. The first kappa shape index (κ1) is 17.1. The molecular weight excluding hydrogens is 344 g/mol. The maximum absolute atomic E-state index is 11.8. The summed E-state index contributed by atoms with van der Waals surface area (Å²) < 4.78 is 10.5. The number of carboxylic acid groups (broad SMARTS) is 1. The van der Waals surface area contributed by atoms with Crippen LogP contribution in [0.5, 0.6) is 5.75 Å². The molecule has 6 heteroatoms. The summed E-state index contributed by atoms with van der Waals surface area (Å²) in [6.07, 6.45) is 2.13. The number of aromatic carboxylic acids is 1. The van der Waals surface area contributed by atoms with Crippen molar-refractivity contribution in [2.45, 2.75) is 18.3 Å². The van der Waals surface area contributed by atoms with E-state index in [1.807, 2.05) is 18.2 Å². The summed E-state index contributed by atoms with van der Waals surface area (Å²) in [5, 5.41) is 16.9. The molecule has 1 aromatic heterocycles. The number of hydrogen-bond donors (Lipinski definition) is 2. The summed E-state index contributed by atoms with van der Waals surface area (Å²) in [4.78, 5) is 11.8. The van der Waals surface area contributed by atoms with E-state index >= 15 is 0 Å². The zero-order valence-electron chi connectivity index (χ0n) is 14.9. The van der Waals surface area contributed by atoms with Crippen LogP contribution in [0.1, 0.15) is 28.8 Å². The molecule has 4 rings (SSSR count). The minimum absolute atomic E-state index is 0.0380. The van der Waals surface area contributed by atoms with Crippen molar-refractivity contribution in [1.82, 2.24) is 5.16 Å². The third-order valence-corrected chi connectivity index (χ3v) is 5.09. The van der Waals surface area contributed by atoms with Crippen LogP contribution in [0.25, 0.3) is 11.3 Å². The van der Waals surface area contributed by atoms with Crippen molar-refractivity contribution < 1.29 is 19.2 Å². The highest BCUT2D eigenvalue weighted by Gasteiger charge is 2.44. The monoisotopic (exact) mass is 364 g/mol. The fourth-order valence-electron chi connectivity index (χ4n) is 3.31. The Morgan fingerprint density at radius 3 is 2.48 bits per heavy atom. The molecule has 0 unspecified atom stereocenters. The molecule has 0 spiro atoms. The highest BCUT2D eigenvalue weighted by atomic mass is 16.5. The van der Waals surface area contributed by atoms with Gasteiger partial charge in [-0.3, -0.25) is 0 Å². The lowest BCUT2D eigenvalue weighted by molar-refractivity contribution is 0.0698. The van der Waals surface area contributed by atoms with E-state index in [4.69, 9.17) is 9.26 Å². The van der Waals surface area contributed by atoms with Gasteiger partial charge >= 0.3 is 5.97 Å². The number of nitrogens with one attached hydrogen (secondary N) is 1. The van der Waals surface area contributed by atoms with Gasteiger partial charge in [0.25, 0.3) is 0 Å². The molecule has 0 atom stereocenters. The lowest BCUT2D eigenvalue weighted by Crippen LogP contribution is -2.20. The van der Waals surface area contributed by atoms with Gasteiger partial charge in [0.2, 0.25) is 0 Å². The van der Waals surface area contributed by atoms with Gasteiger partial charge < -0.3 is 19.7 Å². The van der Waals surface area contributed by atoms with E-state index < -0.39 is 5.97 Å². The second-order valence-corrected chi connectivity index (χ2v) is 6.77. The van der Waals surface area contributed by atoms with Gasteiger partial charge in [-0.25, -0.2) is 4.79 Å². The third-order valence-electron chi connectivity index (χ3n) is 5.09. The molecule has 6 nitrogen and oxygen atoms in total. The third kappa shape index (κ3) is 3.26. The second-order valence-electron chi connectivity index (χ2n) is 6.77. The van der Waals surface area contributed by atoms with Crippen LogP contribution in [0.15, 0.2) is 59.1 Å². The van der Waals surface area contributed by atoms with Crippen LogP contribution < -0.4 is 10.1 Å². The van der Waals surface area contributed by atoms with Gasteiger partial charge in [-0.15, -0.1) is 0 Å². The Hall–Kier alpha value is -3.28. The lowest BCUT2D eigenvalue weighted by Gasteiger charge is -2.16. The molecule has 2 aromatic carbocycles. The predicted molar refractivity (Wildman–Crippen MR) is 101 cm³/mol. The number of ether oxygens (including phenoxy) is 1. The Bertz CT molecular complexity index is 944. The molecule has 1 aliphatic carbocycles. The summed E-state index contributed by atoms with van der Waals surface area (Å²) in [7, 11) is 1.58. The van der Waals surface area contributed by atoms with Crippen LogP contribution in [0.2, 0.25) is 0 Å². The van der Waals surface area contributed by atoms with Crippen molar-refractivity contribution in [1.29, 1.82) is 0 Å². The molecule has 1 aliphatic rings. The van der Waals surface area contributed by atoms with E-state index in [2.05, 4.69) is 22.6 Å². The first-order valence-electron chi connectivity index (χ1n) is 8.80. The van der Waals surface area contributed by atoms with E-state index in [0.717, 1.165) is 12.8 Å². The fraction of sp³-hybridized carbons (Fsp3) is 0.238. The average Bonchev–Trinajstić information content (AvgIpc) is 3.38. The van der Waals surface area contributed by atoms with Crippen molar-refractivity contribution in [2.24, 2.45) is 0 Å². The van der Waals surface area contributed by atoms with E-state index in [-0.39, 0.29) is 22.6 Å². The largest absolute Gasteiger partial charge is 0.497 e. The highest BCUT2D eigenvalue weighted by molar-refractivity contribution is 5.99. The number of anilines is 1. The Kier molecular flexibility index (Phi) is 4.32. The van der Waals surface area contributed by atoms with Crippen LogP contribution in [0.4, 0.5) is 5.82 Å². The van der Waals surface area contributed by atoms with Crippen LogP contribution in [-0.2, 0) is 5.41 Å². The smallest absolute Gasteiger partial charge is 0.343 e. The molecule has 1 fully saturated rings. The number of nitrogens with zero attached hydrogens (tertiary/aromatic N) is 1. The van der Waals surface area contributed by atoms with Crippen molar-refractivity contribution in [2.75, 3.05) is 19.0 Å². The van der Waals surface area contributed by atoms with Gasteiger partial charge in [0, 0.05) is 17.5 Å². The van der Waals surface area contributed by atoms with E-state index in [1.54, 1.807) is 31.4 Å². The Balaban J connectivity index is 1.58. The Labute approximate surface area is 156 Å². The summed E-state index contributed by atoms with van der Waals surface area (Å²) >= 11 is 0. The van der Waals surface area contributed by atoms with Gasteiger partial charge in [0.15, 0.2) is 17.1 Å². The van der Waals surface area contributed by atoms with Gasteiger partial charge in [-0.2, -0.15) is 0 Å². The molecule has 0 aliphatic heterocycles. The predicted octanol–water partition coefficient (Wildman–Crippen LogP) is 4.19. The van der Waals surface area contributed by atoms with E-state index in [9.17, 15) is 9.90 Å². The topological polar surface area (TPSA) is 84.6 Å². The number of methoxy groups -OCH3 is 1. The van der Waals surface area contributed by atoms with E-state index in [0.29, 0.717) is 17.9 Å². The summed E-state index contributed by atoms with van der Waals surface area (Å²) in [5.74, 6) is 0.105. The number of hydrogen-bond acceptors (Lipinski definition) is 5. The maximum Gasteiger partial charge on any atom is 0.343 e. The number of rotatable bonds is 7. The second kappa shape index (κ2) is 6.79.